The maximum absolute atomic E-state index is 13.3. The summed E-state index contributed by atoms with van der Waals surface area (Å²) in [6, 6.07) is 3.69. The quantitative estimate of drug-likeness (QED) is 0.936. The van der Waals surface area contributed by atoms with Crippen molar-refractivity contribution in [2.75, 3.05) is 7.05 Å². The molecule has 1 aromatic heterocycles. The zero-order valence-electron chi connectivity index (χ0n) is 10.9. The van der Waals surface area contributed by atoms with E-state index in [0.717, 1.165) is 16.6 Å². The molecular weight excluding hydrogens is 268 g/mol. The molecule has 0 aliphatic heterocycles. The van der Waals surface area contributed by atoms with Crippen molar-refractivity contribution in [2.24, 2.45) is 0 Å². The smallest absolute Gasteiger partial charge is 0.159 e. The largest absolute Gasteiger partial charge is 0.309 e. The molecule has 102 valence electrons. The van der Waals surface area contributed by atoms with Gasteiger partial charge in [0, 0.05) is 0 Å². The summed E-state index contributed by atoms with van der Waals surface area (Å²) in [6.45, 7) is 4.05. The summed E-state index contributed by atoms with van der Waals surface area (Å²) in [5.41, 5.74) is 1.54. The average molecular weight is 283 g/mol. The highest BCUT2D eigenvalue weighted by molar-refractivity contribution is 7.05. The highest BCUT2D eigenvalue weighted by Gasteiger charge is 2.22. The molecule has 19 heavy (non-hydrogen) atoms. The van der Waals surface area contributed by atoms with Crippen LogP contribution in [0.5, 0.6) is 0 Å². The van der Waals surface area contributed by atoms with E-state index in [9.17, 15) is 8.78 Å². The van der Waals surface area contributed by atoms with Gasteiger partial charge in [0.1, 0.15) is 0 Å². The molecule has 3 nitrogen and oxygen atoms in total. The van der Waals surface area contributed by atoms with Gasteiger partial charge in [-0.25, -0.2) is 8.78 Å². The van der Waals surface area contributed by atoms with Gasteiger partial charge < -0.3 is 5.32 Å². The van der Waals surface area contributed by atoms with Crippen LogP contribution in [0.25, 0.3) is 0 Å². The Kier molecular flexibility index (Phi) is 4.21. The number of aromatic nitrogens is 2. The second-order valence-corrected chi connectivity index (χ2v) is 5.36. The van der Waals surface area contributed by atoms with Gasteiger partial charge in [-0.1, -0.05) is 24.4 Å². The van der Waals surface area contributed by atoms with Gasteiger partial charge in [0.05, 0.1) is 16.6 Å². The number of halogens is 2. The lowest BCUT2D eigenvalue weighted by Gasteiger charge is -2.17. The van der Waals surface area contributed by atoms with E-state index in [1.165, 1.54) is 17.6 Å². The van der Waals surface area contributed by atoms with Crippen molar-refractivity contribution in [3.8, 4) is 0 Å². The second-order valence-electron chi connectivity index (χ2n) is 4.57. The molecule has 0 saturated heterocycles. The summed E-state index contributed by atoms with van der Waals surface area (Å²) in [7, 11) is 1.77. The minimum absolute atomic E-state index is 0.229. The summed E-state index contributed by atoms with van der Waals surface area (Å²) in [5.74, 6) is -1.46. The van der Waals surface area contributed by atoms with E-state index in [1.54, 1.807) is 13.1 Å². The molecule has 6 heteroatoms. The van der Waals surface area contributed by atoms with Crippen molar-refractivity contribution in [2.45, 2.75) is 25.8 Å². The highest BCUT2D eigenvalue weighted by Crippen LogP contribution is 2.31. The first-order valence-corrected chi connectivity index (χ1v) is 6.76. The molecule has 0 aliphatic rings. The molecule has 1 N–H and O–H groups in total. The third-order valence-electron chi connectivity index (χ3n) is 2.91. The molecule has 2 rings (SSSR count). The lowest BCUT2D eigenvalue weighted by molar-refractivity contribution is 0.505. The Hall–Kier alpha value is -1.40. The molecule has 2 aromatic rings. The topological polar surface area (TPSA) is 37.8 Å². The van der Waals surface area contributed by atoms with Crippen LogP contribution in [-0.4, -0.2) is 16.6 Å². The lowest BCUT2D eigenvalue weighted by atomic mass is 10.00. The molecule has 0 spiro atoms. The first-order valence-electron chi connectivity index (χ1n) is 5.99. The summed E-state index contributed by atoms with van der Waals surface area (Å²) in [6.07, 6.45) is 0. The van der Waals surface area contributed by atoms with E-state index < -0.39 is 11.6 Å². The summed E-state index contributed by atoms with van der Waals surface area (Å²) in [4.78, 5) is 0.934. The average Bonchev–Trinajstić information content (AvgIpc) is 2.84. The van der Waals surface area contributed by atoms with E-state index in [0.29, 0.717) is 5.56 Å². The van der Waals surface area contributed by atoms with Crippen LogP contribution >= 0.6 is 11.5 Å². The fourth-order valence-electron chi connectivity index (χ4n) is 1.95. The number of nitrogens with one attached hydrogen (secondary N) is 1. The minimum atomic E-state index is -0.846. The maximum Gasteiger partial charge on any atom is 0.159 e. The van der Waals surface area contributed by atoms with Crippen LogP contribution in [0.15, 0.2) is 18.2 Å². The van der Waals surface area contributed by atoms with Crippen molar-refractivity contribution < 1.29 is 8.78 Å². The zero-order valence-corrected chi connectivity index (χ0v) is 11.8. The van der Waals surface area contributed by atoms with Gasteiger partial charge in [0.2, 0.25) is 0 Å². The van der Waals surface area contributed by atoms with Gasteiger partial charge in [-0.3, -0.25) is 0 Å². The van der Waals surface area contributed by atoms with E-state index >= 15 is 0 Å². The molecule has 1 atom stereocenters. The molecule has 0 amide bonds. The van der Waals surface area contributed by atoms with E-state index in [4.69, 9.17) is 0 Å². The van der Waals surface area contributed by atoms with Gasteiger partial charge in [0.25, 0.3) is 0 Å². The van der Waals surface area contributed by atoms with Gasteiger partial charge in [-0.2, -0.15) is 0 Å². The van der Waals surface area contributed by atoms with Gasteiger partial charge in [-0.05, 0) is 42.2 Å². The third kappa shape index (κ3) is 2.79. The van der Waals surface area contributed by atoms with E-state index in [2.05, 4.69) is 14.9 Å². The fourth-order valence-corrected chi connectivity index (χ4v) is 2.89. The Labute approximate surface area is 114 Å². The number of rotatable bonds is 4. The first kappa shape index (κ1) is 14.0. The van der Waals surface area contributed by atoms with Crippen molar-refractivity contribution >= 4 is 11.5 Å². The Morgan fingerprint density at radius 1 is 1.21 bits per heavy atom. The van der Waals surface area contributed by atoms with Crippen molar-refractivity contribution in [3.05, 3.63) is 46.0 Å². The first-order chi connectivity index (χ1) is 9.04. The fraction of sp³-hybridized carbons (Fsp3) is 0.385. The molecule has 0 saturated carbocycles. The monoisotopic (exact) mass is 283 g/mol. The SMILES string of the molecule is CNC(c1ccc(F)c(F)c1)c1snnc1C(C)C. The highest BCUT2D eigenvalue weighted by atomic mass is 32.1. The molecule has 0 bridgehead atoms. The predicted octanol–water partition coefficient (Wildman–Crippen LogP) is 3.25. The Morgan fingerprint density at radius 3 is 2.53 bits per heavy atom. The Balaban J connectivity index is 2.44. The number of hydrogen-bond donors (Lipinski definition) is 1. The van der Waals surface area contributed by atoms with Crippen LogP contribution in [0.2, 0.25) is 0 Å². The van der Waals surface area contributed by atoms with Crippen molar-refractivity contribution in [1.29, 1.82) is 0 Å². The van der Waals surface area contributed by atoms with E-state index in [1.807, 2.05) is 13.8 Å². The molecule has 0 aliphatic carbocycles. The van der Waals surface area contributed by atoms with Gasteiger partial charge >= 0.3 is 0 Å². The third-order valence-corrected chi connectivity index (χ3v) is 3.72. The standard InChI is InChI=1S/C13H15F2N3S/c1-7(2)11-13(19-18-17-11)12(16-3)8-4-5-9(14)10(15)6-8/h4-7,12,16H,1-3H3. The molecule has 1 unspecified atom stereocenters. The number of hydrogen-bond acceptors (Lipinski definition) is 4. The van der Waals surface area contributed by atoms with Crippen LogP contribution in [0.4, 0.5) is 8.78 Å². The van der Waals surface area contributed by atoms with Crippen LogP contribution in [0, 0.1) is 11.6 Å². The number of nitrogens with zero attached hydrogens (tertiary/aromatic N) is 2. The molecule has 1 heterocycles. The Morgan fingerprint density at radius 2 is 1.95 bits per heavy atom. The molecule has 1 aromatic carbocycles. The van der Waals surface area contributed by atoms with Gasteiger partial charge in [-0.15, -0.1) is 5.10 Å². The van der Waals surface area contributed by atoms with Gasteiger partial charge in [0.15, 0.2) is 11.6 Å². The summed E-state index contributed by atoms with van der Waals surface area (Å²) >= 11 is 1.28. The van der Waals surface area contributed by atoms with Crippen molar-refractivity contribution in [3.63, 3.8) is 0 Å². The van der Waals surface area contributed by atoms with Crippen LogP contribution in [0.3, 0.4) is 0 Å². The zero-order chi connectivity index (χ0) is 14.0. The molecular formula is C13H15F2N3S. The second kappa shape index (κ2) is 5.71. The van der Waals surface area contributed by atoms with Crippen LogP contribution in [-0.2, 0) is 0 Å². The molecule has 0 fully saturated rings. The molecule has 0 radical (unpaired) electrons. The van der Waals surface area contributed by atoms with Crippen LogP contribution in [0.1, 0.15) is 41.9 Å². The van der Waals surface area contributed by atoms with Crippen LogP contribution < -0.4 is 5.32 Å². The lowest BCUT2D eigenvalue weighted by Crippen LogP contribution is -2.18. The van der Waals surface area contributed by atoms with Crippen molar-refractivity contribution in [1.82, 2.24) is 14.9 Å². The maximum atomic E-state index is 13.3. The summed E-state index contributed by atoms with van der Waals surface area (Å²) in [5, 5.41) is 7.21. The predicted molar refractivity (Wildman–Crippen MR) is 71.3 cm³/mol. The number of benzene rings is 1. The van der Waals surface area contributed by atoms with E-state index in [-0.39, 0.29) is 12.0 Å². The Bertz CT molecular complexity index is 569. The normalized spacial score (nSPS) is 12.9. The summed E-state index contributed by atoms with van der Waals surface area (Å²) < 4.78 is 30.3. The minimum Gasteiger partial charge on any atom is -0.309 e.